The molecule has 1 aliphatic heterocycles. The molecular formula is C15H20N4O3. The first-order valence-electron chi connectivity index (χ1n) is 7.36. The molecule has 0 aliphatic carbocycles. The summed E-state index contributed by atoms with van der Waals surface area (Å²) >= 11 is 0. The van der Waals surface area contributed by atoms with Crippen molar-refractivity contribution in [3.05, 3.63) is 36.4 Å². The van der Waals surface area contributed by atoms with Gasteiger partial charge >= 0.3 is 0 Å². The summed E-state index contributed by atoms with van der Waals surface area (Å²) in [5.74, 6) is 1.38. The van der Waals surface area contributed by atoms with Gasteiger partial charge in [0.05, 0.1) is 19.2 Å². The fourth-order valence-corrected chi connectivity index (χ4v) is 2.66. The molecule has 0 aromatic carbocycles. The highest BCUT2D eigenvalue weighted by Crippen LogP contribution is 2.20. The highest BCUT2D eigenvalue weighted by Gasteiger charge is 2.27. The van der Waals surface area contributed by atoms with Gasteiger partial charge in [0.25, 0.3) is 0 Å². The molecule has 0 radical (unpaired) electrons. The standard InChI is InChI=1S/C15H20N4O3/c1-12-3-4-15(22-12)19-8-7-17(11-14(19)21)9-13(20)10-18-6-2-5-16-18/h2-6,13,20H,7-11H2,1H3. The molecule has 1 fully saturated rings. The lowest BCUT2D eigenvalue weighted by atomic mass is 10.2. The van der Waals surface area contributed by atoms with E-state index in [2.05, 4.69) is 5.10 Å². The summed E-state index contributed by atoms with van der Waals surface area (Å²) in [5, 5.41) is 14.2. The van der Waals surface area contributed by atoms with E-state index < -0.39 is 6.10 Å². The highest BCUT2D eigenvalue weighted by atomic mass is 16.4. The van der Waals surface area contributed by atoms with Gasteiger partial charge in [-0.1, -0.05) is 0 Å². The van der Waals surface area contributed by atoms with E-state index in [1.807, 2.05) is 36.2 Å². The Bertz CT molecular complexity index is 623. The molecule has 118 valence electrons. The second-order valence-electron chi connectivity index (χ2n) is 5.55. The predicted octanol–water partition coefficient (Wildman–Crippen LogP) is 0.494. The van der Waals surface area contributed by atoms with Gasteiger partial charge in [-0.25, -0.2) is 0 Å². The van der Waals surface area contributed by atoms with Crippen molar-refractivity contribution < 1.29 is 14.3 Å². The summed E-state index contributed by atoms with van der Waals surface area (Å²) in [6.07, 6.45) is 2.94. The Kier molecular flexibility index (Phi) is 4.26. The number of piperazine rings is 1. The highest BCUT2D eigenvalue weighted by molar-refractivity contribution is 5.94. The van der Waals surface area contributed by atoms with Crippen LogP contribution < -0.4 is 4.90 Å². The molecule has 1 unspecified atom stereocenters. The largest absolute Gasteiger partial charge is 0.445 e. The third-order valence-electron chi connectivity index (χ3n) is 3.72. The Balaban J connectivity index is 1.52. The first-order valence-corrected chi connectivity index (χ1v) is 7.36. The third kappa shape index (κ3) is 3.37. The van der Waals surface area contributed by atoms with Crippen molar-refractivity contribution >= 4 is 11.8 Å². The quantitative estimate of drug-likeness (QED) is 0.870. The van der Waals surface area contributed by atoms with Crippen molar-refractivity contribution in [1.82, 2.24) is 14.7 Å². The van der Waals surface area contributed by atoms with Crippen LogP contribution in [-0.4, -0.2) is 58.0 Å². The second-order valence-corrected chi connectivity index (χ2v) is 5.55. The topological polar surface area (TPSA) is 74.7 Å². The van der Waals surface area contributed by atoms with E-state index in [1.54, 1.807) is 15.8 Å². The summed E-state index contributed by atoms with van der Waals surface area (Å²) in [7, 11) is 0. The van der Waals surface area contributed by atoms with Gasteiger partial charge in [-0.15, -0.1) is 0 Å². The molecule has 7 heteroatoms. The fraction of sp³-hybridized carbons (Fsp3) is 0.467. The smallest absolute Gasteiger partial charge is 0.243 e. The molecule has 2 aromatic heterocycles. The van der Waals surface area contributed by atoms with Gasteiger partial charge in [-0.2, -0.15) is 5.10 Å². The molecular weight excluding hydrogens is 284 g/mol. The lowest BCUT2D eigenvalue weighted by Crippen LogP contribution is -2.52. The molecule has 2 aromatic rings. The summed E-state index contributed by atoms with van der Waals surface area (Å²) in [6, 6.07) is 5.48. The van der Waals surface area contributed by atoms with Gasteiger partial charge in [0, 0.05) is 38.1 Å². The molecule has 0 spiro atoms. The Labute approximate surface area is 128 Å². The summed E-state index contributed by atoms with van der Waals surface area (Å²) in [4.78, 5) is 15.9. The van der Waals surface area contributed by atoms with Gasteiger partial charge in [-0.05, 0) is 19.1 Å². The number of carbonyl (C=O) groups excluding carboxylic acids is 1. The lowest BCUT2D eigenvalue weighted by molar-refractivity contribution is -0.121. The van der Waals surface area contributed by atoms with Crippen LogP contribution in [0.2, 0.25) is 0 Å². The normalized spacial score (nSPS) is 17.9. The van der Waals surface area contributed by atoms with Crippen molar-refractivity contribution in [3.63, 3.8) is 0 Å². The fourth-order valence-electron chi connectivity index (χ4n) is 2.66. The van der Waals surface area contributed by atoms with Crippen LogP contribution in [0.25, 0.3) is 0 Å². The molecule has 7 nitrogen and oxygen atoms in total. The van der Waals surface area contributed by atoms with Crippen LogP contribution in [0.4, 0.5) is 5.88 Å². The van der Waals surface area contributed by atoms with Crippen LogP contribution >= 0.6 is 0 Å². The van der Waals surface area contributed by atoms with E-state index in [4.69, 9.17) is 4.42 Å². The van der Waals surface area contributed by atoms with Crippen LogP contribution in [0.15, 0.2) is 35.0 Å². The molecule has 1 atom stereocenters. The number of β-amino-alcohol motifs (C(OH)–C–C–N with tert-alkyl or cyclic N) is 1. The number of aliphatic hydroxyl groups excluding tert-OH is 1. The average molecular weight is 304 g/mol. The van der Waals surface area contributed by atoms with E-state index in [-0.39, 0.29) is 12.5 Å². The zero-order valence-corrected chi connectivity index (χ0v) is 12.6. The minimum absolute atomic E-state index is 0.00751. The number of hydrogen-bond donors (Lipinski definition) is 1. The monoisotopic (exact) mass is 304 g/mol. The number of amides is 1. The zero-order valence-electron chi connectivity index (χ0n) is 12.6. The number of anilines is 1. The van der Waals surface area contributed by atoms with E-state index >= 15 is 0 Å². The second kappa shape index (κ2) is 6.33. The maximum Gasteiger partial charge on any atom is 0.243 e. The maximum atomic E-state index is 12.2. The first kappa shape index (κ1) is 14.8. The number of aryl methyl sites for hydroxylation is 1. The number of nitrogens with zero attached hydrogens (tertiary/aromatic N) is 4. The van der Waals surface area contributed by atoms with E-state index in [0.717, 1.165) is 5.76 Å². The number of rotatable bonds is 5. The van der Waals surface area contributed by atoms with Crippen molar-refractivity contribution in [2.45, 2.75) is 19.6 Å². The zero-order chi connectivity index (χ0) is 15.5. The SMILES string of the molecule is Cc1ccc(N2CCN(CC(O)Cn3cccn3)CC2=O)o1. The van der Waals surface area contributed by atoms with Gasteiger partial charge < -0.3 is 9.52 Å². The van der Waals surface area contributed by atoms with Crippen molar-refractivity contribution in [2.75, 3.05) is 31.1 Å². The van der Waals surface area contributed by atoms with E-state index in [9.17, 15) is 9.90 Å². The van der Waals surface area contributed by atoms with Crippen LogP contribution in [0.3, 0.4) is 0 Å². The first-order chi connectivity index (χ1) is 10.6. The van der Waals surface area contributed by atoms with Gasteiger partial charge in [0.15, 0.2) is 0 Å². The number of aliphatic hydroxyl groups is 1. The molecule has 22 heavy (non-hydrogen) atoms. The summed E-state index contributed by atoms with van der Waals surface area (Å²) < 4.78 is 7.19. The van der Waals surface area contributed by atoms with Crippen LogP contribution in [0.1, 0.15) is 5.76 Å². The van der Waals surface area contributed by atoms with Crippen molar-refractivity contribution in [3.8, 4) is 0 Å². The van der Waals surface area contributed by atoms with Gasteiger partial charge in [0.1, 0.15) is 5.76 Å². The van der Waals surface area contributed by atoms with Crippen molar-refractivity contribution in [2.24, 2.45) is 0 Å². The van der Waals surface area contributed by atoms with Gasteiger partial charge in [0.2, 0.25) is 11.8 Å². The van der Waals surface area contributed by atoms with E-state index in [0.29, 0.717) is 32.1 Å². The minimum Gasteiger partial charge on any atom is -0.445 e. The Morgan fingerprint density at radius 1 is 1.36 bits per heavy atom. The molecule has 3 heterocycles. The number of aromatic nitrogens is 2. The molecule has 3 rings (SSSR count). The number of carbonyl (C=O) groups is 1. The van der Waals surface area contributed by atoms with Gasteiger partial charge in [-0.3, -0.25) is 19.3 Å². The minimum atomic E-state index is -0.551. The summed E-state index contributed by atoms with van der Waals surface area (Å²) in [6.45, 7) is 4.31. The van der Waals surface area contributed by atoms with Crippen LogP contribution in [-0.2, 0) is 11.3 Å². The maximum absolute atomic E-state index is 12.2. The third-order valence-corrected chi connectivity index (χ3v) is 3.72. The Morgan fingerprint density at radius 2 is 2.23 bits per heavy atom. The molecule has 1 saturated heterocycles. The average Bonchev–Trinajstić information content (AvgIpc) is 3.10. The molecule has 0 saturated carbocycles. The van der Waals surface area contributed by atoms with Crippen LogP contribution in [0, 0.1) is 6.92 Å². The molecule has 1 aliphatic rings. The van der Waals surface area contributed by atoms with E-state index in [1.165, 1.54) is 0 Å². The Morgan fingerprint density at radius 3 is 2.86 bits per heavy atom. The predicted molar refractivity (Wildman–Crippen MR) is 80.5 cm³/mol. The summed E-state index contributed by atoms with van der Waals surface area (Å²) in [5.41, 5.74) is 0. The molecule has 1 amide bonds. The number of hydrogen-bond acceptors (Lipinski definition) is 5. The molecule has 1 N–H and O–H groups in total. The number of furan rings is 1. The lowest BCUT2D eigenvalue weighted by Gasteiger charge is -2.33. The van der Waals surface area contributed by atoms with Crippen molar-refractivity contribution in [1.29, 1.82) is 0 Å². The van der Waals surface area contributed by atoms with Crippen LogP contribution in [0.5, 0.6) is 0 Å². The Hall–Kier alpha value is -2.12. The molecule has 0 bridgehead atoms.